The lowest BCUT2D eigenvalue weighted by molar-refractivity contribution is 0.0577. The van der Waals surface area contributed by atoms with E-state index in [1.807, 2.05) is 36.1 Å². The number of carboxylic acid groups (broad SMARTS) is 1. The van der Waals surface area contributed by atoms with Crippen LogP contribution < -0.4 is 9.47 Å². The molecular weight excluding hydrogens is 325 g/mol. The summed E-state index contributed by atoms with van der Waals surface area (Å²) in [5, 5.41) is 8.92. The molecule has 0 saturated heterocycles. The van der Waals surface area contributed by atoms with E-state index in [-0.39, 0.29) is 11.7 Å². The van der Waals surface area contributed by atoms with Gasteiger partial charge in [-0.05, 0) is 30.8 Å². The third-order valence-electron chi connectivity index (χ3n) is 4.17. The van der Waals surface area contributed by atoms with Crippen molar-refractivity contribution < 1.29 is 23.8 Å². The molecule has 1 unspecified atom stereocenters. The number of fused-ring (bicyclic) bond motifs is 1. The Morgan fingerprint density at radius 2 is 2.04 bits per heavy atom. The van der Waals surface area contributed by atoms with Crippen LogP contribution in [0.1, 0.15) is 22.8 Å². The van der Waals surface area contributed by atoms with Crippen molar-refractivity contribution in [1.29, 1.82) is 0 Å². The quantitative estimate of drug-likeness (QED) is 0.871. The largest absolute Gasteiger partial charge is 0.486 e. The first-order valence-electron chi connectivity index (χ1n) is 8.19. The van der Waals surface area contributed by atoms with Crippen molar-refractivity contribution in [3.05, 3.63) is 59.4 Å². The van der Waals surface area contributed by atoms with Crippen molar-refractivity contribution in [1.82, 2.24) is 4.90 Å². The summed E-state index contributed by atoms with van der Waals surface area (Å²) in [6.07, 6.45) is -0.142. The van der Waals surface area contributed by atoms with E-state index in [4.69, 9.17) is 14.6 Å². The molecule has 1 atom stereocenters. The van der Waals surface area contributed by atoms with Gasteiger partial charge in [-0.2, -0.15) is 0 Å². The maximum atomic E-state index is 14.1. The van der Waals surface area contributed by atoms with E-state index in [9.17, 15) is 9.18 Å². The number of likely N-dealkylation sites (N-methyl/N-ethyl adjacent to an activating group) is 1. The minimum atomic E-state index is -1.13. The maximum Gasteiger partial charge on any atom is 0.335 e. The number of hydrogen-bond acceptors (Lipinski definition) is 4. The zero-order valence-corrected chi connectivity index (χ0v) is 13.9. The molecule has 5 nitrogen and oxygen atoms in total. The lowest BCUT2D eigenvalue weighted by Gasteiger charge is -2.31. The first kappa shape index (κ1) is 17.2. The molecule has 2 aromatic rings. The molecule has 132 valence electrons. The van der Waals surface area contributed by atoms with Crippen LogP contribution in [0.3, 0.4) is 0 Å². The summed E-state index contributed by atoms with van der Waals surface area (Å²) in [5.41, 5.74) is 0.411. The molecule has 6 heteroatoms. The zero-order valence-electron chi connectivity index (χ0n) is 13.9. The normalized spacial score (nSPS) is 16.0. The van der Waals surface area contributed by atoms with Gasteiger partial charge in [0.1, 0.15) is 18.5 Å². The summed E-state index contributed by atoms with van der Waals surface area (Å²) in [5.74, 6) is -0.197. The Bertz CT molecular complexity index is 765. The second kappa shape index (κ2) is 7.53. The first-order chi connectivity index (χ1) is 12.1. The van der Waals surface area contributed by atoms with Gasteiger partial charge in [0.25, 0.3) is 0 Å². The molecule has 25 heavy (non-hydrogen) atoms. The van der Waals surface area contributed by atoms with Crippen molar-refractivity contribution in [2.45, 2.75) is 19.6 Å². The topological polar surface area (TPSA) is 59.0 Å². The van der Waals surface area contributed by atoms with Gasteiger partial charge in [0.05, 0.1) is 5.56 Å². The van der Waals surface area contributed by atoms with E-state index in [0.717, 1.165) is 11.8 Å². The number of carboxylic acids is 1. The van der Waals surface area contributed by atoms with Gasteiger partial charge >= 0.3 is 5.97 Å². The van der Waals surface area contributed by atoms with Gasteiger partial charge in [0.2, 0.25) is 0 Å². The van der Waals surface area contributed by atoms with E-state index >= 15 is 0 Å². The Morgan fingerprint density at radius 1 is 1.28 bits per heavy atom. The summed E-state index contributed by atoms with van der Waals surface area (Å²) in [7, 11) is 0. The average molecular weight is 345 g/mol. The van der Waals surface area contributed by atoms with Crippen molar-refractivity contribution in [2.75, 3.05) is 19.7 Å². The molecule has 0 bridgehead atoms. The van der Waals surface area contributed by atoms with Gasteiger partial charge in [0, 0.05) is 18.7 Å². The van der Waals surface area contributed by atoms with Gasteiger partial charge in [-0.1, -0.05) is 25.1 Å². The summed E-state index contributed by atoms with van der Waals surface area (Å²) in [6.45, 7) is 4.10. The summed E-state index contributed by atoms with van der Waals surface area (Å²) in [6, 6.07) is 11.5. The van der Waals surface area contributed by atoms with Crippen LogP contribution in [0.25, 0.3) is 0 Å². The average Bonchev–Trinajstić information content (AvgIpc) is 2.62. The highest BCUT2D eigenvalue weighted by atomic mass is 19.1. The number of rotatable bonds is 6. The van der Waals surface area contributed by atoms with E-state index in [1.165, 1.54) is 12.1 Å². The molecule has 0 saturated carbocycles. The molecule has 0 aliphatic carbocycles. The number of nitrogens with zero attached hydrogens (tertiary/aromatic N) is 1. The third-order valence-corrected chi connectivity index (χ3v) is 4.17. The van der Waals surface area contributed by atoms with E-state index in [1.54, 1.807) is 0 Å². The zero-order chi connectivity index (χ0) is 17.8. The molecule has 1 aliphatic rings. The van der Waals surface area contributed by atoms with Crippen LogP contribution in [0.15, 0.2) is 42.5 Å². The SMILES string of the molecule is CCN(Cc1ccc(C(=O)O)cc1F)CC1COc2ccccc2O1. The van der Waals surface area contributed by atoms with Gasteiger partial charge in [-0.15, -0.1) is 0 Å². The molecule has 2 aromatic carbocycles. The lowest BCUT2D eigenvalue weighted by atomic mass is 10.1. The molecule has 0 spiro atoms. The Hall–Kier alpha value is -2.60. The van der Waals surface area contributed by atoms with Gasteiger partial charge in [-0.25, -0.2) is 9.18 Å². The van der Waals surface area contributed by atoms with Crippen LogP contribution in [-0.4, -0.2) is 41.8 Å². The van der Waals surface area contributed by atoms with Crippen LogP contribution in [0.4, 0.5) is 4.39 Å². The van der Waals surface area contributed by atoms with Gasteiger partial charge in [0.15, 0.2) is 11.5 Å². The standard InChI is InChI=1S/C19H20FNO4/c1-2-21(10-14-8-7-13(19(22)23)9-16(14)20)11-15-12-24-17-5-3-4-6-18(17)25-15/h3-9,15H,2,10-12H2,1H3,(H,22,23). The summed E-state index contributed by atoms with van der Waals surface area (Å²) < 4.78 is 25.8. The number of ether oxygens (including phenoxy) is 2. The summed E-state index contributed by atoms with van der Waals surface area (Å²) in [4.78, 5) is 12.9. The van der Waals surface area contributed by atoms with Crippen LogP contribution >= 0.6 is 0 Å². The van der Waals surface area contributed by atoms with Crippen molar-refractivity contribution in [2.24, 2.45) is 0 Å². The van der Waals surface area contributed by atoms with Crippen LogP contribution in [0.5, 0.6) is 11.5 Å². The monoisotopic (exact) mass is 345 g/mol. The Balaban J connectivity index is 1.65. The Kier molecular flexibility index (Phi) is 5.19. The van der Waals surface area contributed by atoms with Gasteiger partial charge < -0.3 is 14.6 Å². The second-order valence-corrected chi connectivity index (χ2v) is 5.94. The number of aromatic carboxylic acids is 1. The maximum absolute atomic E-state index is 14.1. The minimum absolute atomic E-state index is 0.0510. The van der Waals surface area contributed by atoms with E-state index in [0.29, 0.717) is 37.6 Å². The number of carbonyl (C=O) groups is 1. The van der Waals surface area contributed by atoms with E-state index < -0.39 is 11.8 Å². The second-order valence-electron chi connectivity index (χ2n) is 5.94. The van der Waals surface area contributed by atoms with Crippen molar-refractivity contribution >= 4 is 5.97 Å². The molecule has 1 aliphatic heterocycles. The molecule has 0 amide bonds. The predicted molar refractivity (Wildman–Crippen MR) is 90.7 cm³/mol. The Labute approximate surface area is 145 Å². The first-order valence-corrected chi connectivity index (χ1v) is 8.19. The third kappa shape index (κ3) is 4.09. The van der Waals surface area contributed by atoms with Crippen LogP contribution in [0.2, 0.25) is 0 Å². The number of halogens is 1. The fraction of sp³-hybridized carbons (Fsp3) is 0.316. The van der Waals surface area contributed by atoms with E-state index in [2.05, 4.69) is 0 Å². The molecular formula is C19H20FNO4. The molecule has 1 N–H and O–H groups in total. The summed E-state index contributed by atoms with van der Waals surface area (Å²) >= 11 is 0. The highest BCUT2D eigenvalue weighted by Gasteiger charge is 2.23. The molecule has 1 heterocycles. The van der Waals surface area contributed by atoms with Gasteiger partial charge in [-0.3, -0.25) is 4.90 Å². The minimum Gasteiger partial charge on any atom is -0.486 e. The molecule has 0 aromatic heterocycles. The highest BCUT2D eigenvalue weighted by molar-refractivity contribution is 5.87. The number of benzene rings is 2. The Morgan fingerprint density at radius 3 is 2.72 bits per heavy atom. The van der Waals surface area contributed by atoms with Crippen molar-refractivity contribution in [3.63, 3.8) is 0 Å². The fourth-order valence-corrected chi connectivity index (χ4v) is 2.80. The number of para-hydroxylation sites is 2. The lowest BCUT2D eigenvalue weighted by Crippen LogP contribution is -2.40. The fourth-order valence-electron chi connectivity index (χ4n) is 2.80. The highest BCUT2D eigenvalue weighted by Crippen LogP contribution is 2.31. The smallest absolute Gasteiger partial charge is 0.335 e. The predicted octanol–water partition coefficient (Wildman–Crippen LogP) is 3.19. The van der Waals surface area contributed by atoms with Crippen LogP contribution in [0, 0.1) is 5.82 Å². The number of hydrogen-bond donors (Lipinski definition) is 1. The molecule has 0 fully saturated rings. The molecule has 0 radical (unpaired) electrons. The van der Waals surface area contributed by atoms with Crippen LogP contribution in [-0.2, 0) is 6.54 Å². The molecule has 3 rings (SSSR count). The van der Waals surface area contributed by atoms with Crippen molar-refractivity contribution in [3.8, 4) is 11.5 Å².